The van der Waals surface area contributed by atoms with Crippen molar-refractivity contribution >= 4 is 15.5 Å². The Bertz CT molecular complexity index is 442. The summed E-state index contributed by atoms with van der Waals surface area (Å²) >= 11 is 0. The number of hydrogen-bond acceptors (Lipinski definition) is 4. The van der Waals surface area contributed by atoms with Gasteiger partial charge in [0.15, 0.2) is 0 Å². The van der Waals surface area contributed by atoms with E-state index in [0.29, 0.717) is 24.4 Å². The van der Waals surface area contributed by atoms with Crippen LogP contribution in [-0.4, -0.2) is 24.9 Å². The minimum Gasteiger partial charge on any atom is -0.397 e. The largest absolute Gasteiger partial charge is 0.397 e. The molecular formula is C10H14N2O2S. The highest BCUT2D eigenvalue weighted by atomic mass is 32.2. The molecule has 1 aliphatic heterocycles. The number of rotatable bonds is 1. The van der Waals surface area contributed by atoms with Gasteiger partial charge in [-0.15, -0.1) is 0 Å². The van der Waals surface area contributed by atoms with Gasteiger partial charge >= 0.3 is 0 Å². The van der Waals surface area contributed by atoms with Crippen molar-refractivity contribution in [2.24, 2.45) is 0 Å². The molecule has 0 aromatic carbocycles. The van der Waals surface area contributed by atoms with Crippen molar-refractivity contribution in [2.45, 2.75) is 18.8 Å². The van der Waals surface area contributed by atoms with E-state index in [9.17, 15) is 8.42 Å². The van der Waals surface area contributed by atoms with Crippen molar-refractivity contribution in [1.29, 1.82) is 0 Å². The molecule has 0 amide bonds. The van der Waals surface area contributed by atoms with Crippen molar-refractivity contribution in [1.82, 2.24) is 4.98 Å². The number of aromatic nitrogens is 1. The summed E-state index contributed by atoms with van der Waals surface area (Å²) in [5.41, 5.74) is 7.34. The third-order valence-electron chi connectivity index (χ3n) is 2.81. The molecule has 15 heavy (non-hydrogen) atoms. The van der Waals surface area contributed by atoms with E-state index in [1.807, 2.05) is 6.07 Å². The van der Waals surface area contributed by atoms with E-state index >= 15 is 0 Å². The maximum absolute atomic E-state index is 11.3. The molecule has 1 aromatic heterocycles. The number of sulfone groups is 1. The molecule has 82 valence electrons. The summed E-state index contributed by atoms with van der Waals surface area (Å²) in [6.07, 6.45) is 4.75. The first kappa shape index (κ1) is 10.4. The van der Waals surface area contributed by atoms with Gasteiger partial charge in [0.1, 0.15) is 9.84 Å². The van der Waals surface area contributed by atoms with Crippen molar-refractivity contribution in [3.63, 3.8) is 0 Å². The molecule has 2 heterocycles. The zero-order valence-electron chi connectivity index (χ0n) is 8.39. The fourth-order valence-corrected chi connectivity index (χ4v) is 3.41. The molecule has 2 N–H and O–H groups in total. The molecule has 0 radical (unpaired) electrons. The Morgan fingerprint density at radius 1 is 1.27 bits per heavy atom. The lowest BCUT2D eigenvalue weighted by Gasteiger charge is -2.21. The van der Waals surface area contributed by atoms with Crippen LogP contribution < -0.4 is 5.73 Å². The third kappa shape index (κ3) is 2.47. The van der Waals surface area contributed by atoms with Gasteiger partial charge in [0.25, 0.3) is 0 Å². The van der Waals surface area contributed by atoms with Crippen molar-refractivity contribution < 1.29 is 8.42 Å². The lowest BCUT2D eigenvalue weighted by atomic mass is 9.95. The SMILES string of the molecule is Nc1cncc(C2CCS(=O)(=O)CC2)c1. The van der Waals surface area contributed by atoms with Crippen LogP contribution in [0.5, 0.6) is 0 Å². The molecule has 1 aromatic rings. The van der Waals surface area contributed by atoms with E-state index in [4.69, 9.17) is 5.73 Å². The molecule has 1 fully saturated rings. The molecule has 2 rings (SSSR count). The van der Waals surface area contributed by atoms with Crippen LogP contribution in [0.1, 0.15) is 24.3 Å². The average Bonchev–Trinajstić information content (AvgIpc) is 2.17. The summed E-state index contributed by atoms with van der Waals surface area (Å²) < 4.78 is 22.5. The second-order valence-electron chi connectivity index (χ2n) is 3.98. The van der Waals surface area contributed by atoms with E-state index in [1.165, 1.54) is 0 Å². The molecule has 0 aliphatic carbocycles. The highest BCUT2D eigenvalue weighted by Crippen LogP contribution is 2.29. The quantitative estimate of drug-likeness (QED) is 0.774. The zero-order valence-corrected chi connectivity index (χ0v) is 9.20. The van der Waals surface area contributed by atoms with Gasteiger partial charge in [0, 0.05) is 12.4 Å². The Kier molecular flexibility index (Phi) is 2.65. The summed E-state index contributed by atoms with van der Waals surface area (Å²) in [7, 11) is -2.79. The van der Waals surface area contributed by atoms with Gasteiger partial charge in [-0.3, -0.25) is 4.98 Å². The summed E-state index contributed by atoms with van der Waals surface area (Å²) in [4.78, 5) is 4.02. The van der Waals surface area contributed by atoms with Crippen molar-refractivity contribution in [3.8, 4) is 0 Å². The van der Waals surface area contributed by atoms with Gasteiger partial charge in [-0.25, -0.2) is 8.42 Å². The van der Waals surface area contributed by atoms with Crippen LogP contribution in [0, 0.1) is 0 Å². The van der Waals surface area contributed by atoms with Gasteiger partial charge < -0.3 is 5.73 Å². The highest BCUT2D eigenvalue weighted by molar-refractivity contribution is 7.91. The van der Waals surface area contributed by atoms with Crippen molar-refractivity contribution in [3.05, 3.63) is 24.0 Å². The van der Waals surface area contributed by atoms with Crippen LogP contribution in [0.3, 0.4) is 0 Å². The topological polar surface area (TPSA) is 73.0 Å². The normalized spacial score (nSPS) is 21.3. The van der Waals surface area contributed by atoms with Crippen LogP contribution >= 0.6 is 0 Å². The van der Waals surface area contributed by atoms with Gasteiger partial charge in [-0.2, -0.15) is 0 Å². The standard InChI is InChI=1S/C10H14N2O2S/c11-10-5-9(6-12-7-10)8-1-3-15(13,14)4-2-8/h5-8H,1-4,11H2. The first-order chi connectivity index (χ1) is 7.07. The maximum atomic E-state index is 11.3. The van der Waals surface area contributed by atoms with Crippen LogP contribution in [-0.2, 0) is 9.84 Å². The number of nitrogens with two attached hydrogens (primary N) is 1. The molecule has 4 nitrogen and oxygen atoms in total. The Hall–Kier alpha value is -1.10. The number of nitrogens with zero attached hydrogens (tertiary/aromatic N) is 1. The number of pyridine rings is 1. The average molecular weight is 226 g/mol. The molecule has 0 bridgehead atoms. The van der Waals surface area contributed by atoms with Gasteiger partial charge in [-0.1, -0.05) is 0 Å². The summed E-state index contributed by atoms with van der Waals surface area (Å²) in [6.45, 7) is 0. The Morgan fingerprint density at radius 3 is 2.53 bits per heavy atom. The molecule has 5 heteroatoms. The van der Waals surface area contributed by atoms with E-state index in [1.54, 1.807) is 12.4 Å². The fraction of sp³-hybridized carbons (Fsp3) is 0.500. The molecule has 0 unspecified atom stereocenters. The number of hydrogen-bond donors (Lipinski definition) is 1. The fourth-order valence-electron chi connectivity index (χ4n) is 1.92. The first-order valence-corrected chi connectivity index (χ1v) is 6.80. The smallest absolute Gasteiger partial charge is 0.150 e. The van der Waals surface area contributed by atoms with E-state index in [-0.39, 0.29) is 11.5 Å². The molecule has 1 saturated heterocycles. The van der Waals surface area contributed by atoms with Crippen LogP contribution in [0.4, 0.5) is 5.69 Å². The lowest BCUT2D eigenvalue weighted by Crippen LogP contribution is -2.22. The van der Waals surface area contributed by atoms with Crippen LogP contribution in [0.2, 0.25) is 0 Å². The summed E-state index contributed by atoms with van der Waals surface area (Å²) in [5.74, 6) is 0.864. The summed E-state index contributed by atoms with van der Waals surface area (Å²) in [6, 6.07) is 1.88. The van der Waals surface area contributed by atoms with Gasteiger partial charge in [0.2, 0.25) is 0 Å². The lowest BCUT2D eigenvalue weighted by molar-refractivity contribution is 0.549. The summed E-state index contributed by atoms with van der Waals surface area (Å²) in [5, 5.41) is 0. The minimum atomic E-state index is -2.79. The van der Waals surface area contributed by atoms with Gasteiger partial charge in [0.05, 0.1) is 17.2 Å². The van der Waals surface area contributed by atoms with E-state index in [2.05, 4.69) is 4.98 Å². The highest BCUT2D eigenvalue weighted by Gasteiger charge is 2.24. The predicted octanol–water partition coefficient (Wildman–Crippen LogP) is 0.956. The predicted molar refractivity (Wildman–Crippen MR) is 59.3 cm³/mol. The minimum absolute atomic E-state index is 0.284. The van der Waals surface area contributed by atoms with Crippen LogP contribution in [0.15, 0.2) is 18.5 Å². The Labute approximate surface area is 89.4 Å². The molecule has 0 saturated carbocycles. The zero-order chi connectivity index (χ0) is 10.9. The first-order valence-electron chi connectivity index (χ1n) is 4.98. The number of nitrogen functional groups attached to an aromatic ring is 1. The molecular weight excluding hydrogens is 212 g/mol. The monoisotopic (exact) mass is 226 g/mol. The van der Waals surface area contributed by atoms with Crippen molar-refractivity contribution in [2.75, 3.05) is 17.2 Å². The maximum Gasteiger partial charge on any atom is 0.150 e. The third-order valence-corrected chi connectivity index (χ3v) is 4.52. The van der Waals surface area contributed by atoms with E-state index in [0.717, 1.165) is 5.56 Å². The molecule has 0 atom stereocenters. The second-order valence-corrected chi connectivity index (χ2v) is 6.28. The van der Waals surface area contributed by atoms with Crippen LogP contribution in [0.25, 0.3) is 0 Å². The Morgan fingerprint density at radius 2 is 1.93 bits per heavy atom. The van der Waals surface area contributed by atoms with Gasteiger partial charge in [-0.05, 0) is 30.4 Å². The Balaban J connectivity index is 2.14. The number of anilines is 1. The second kappa shape index (κ2) is 3.81. The molecule has 0 spiro atoms. The van der Waals surface area contributed by atoms with E-state index < -0.39 is 9.84 Å². The molecule has 1 aliphatic rings.